The number of halogens is 1. The van der Waals surface area contributed by atoms with E-state index in [0.717, 1.165) is 22.5 Å². The predicted octanol–water partition coefficient (Wildman–Crippen LogP) is 5.65. The lowest BCUT2D eigenvalue weighted by molar-refractivity contribution is 0.629. The standard InChI is InChI=1S/C21H17FN2/c1-13-6-3-4-8-16(13)20-14(2)7-5-9-17(20)21-23-18-11-10-15(22)12-19(18)24-21/h3-12H,1-2H3,(H,23,24). The van der Waals surface area contributed by atoms with Gasteiger partial charge in [0.05, 0.1) is 11.0 Å². The normalized spacial score (nSPS) is 11.1. The lowest BCUT2D eigenvalue weighted by atomic mass is 9.92. The predicted molar refractivity (Wildman–Crippen MR) is 96.4 cm³/mol. The Hall–Kier alpha value is -2.94. The summed E-state index contributed by atoms with van der Waals surface area (Å²) in [6, 6.07) is 19.1. The quantitative estimate of drug-likeness (QED) is 0.508. The van der Waals surface area contributed by atoms with Gasteiger partial charge in [0.2, 0.25) is 0 Å². The van der Waals surface area contributed by atoms with Crippen LogP contribution < -0.4 is 0 Å². The Morgan fingerprint density at radius 3 is 2.42 bits per heavy atom. The first kappa shape index (κ1) is 14.6. The molecule has 4 aromatic rings. The summed E-state index contributed by atoms with van der Waals surface area (Å²) < 4.78 is 13.5. The molecule has 0 atom stereocenters. The first-order valence-electron chi connectivity index (χ1n) is 7.95. The van der Waals surface area contributed by atoms with Gasteiger partial charge in [0, 0.05) is 5.56 Å². The molecule has 0 aliphatic heterocycles. The molecule has 0 spiro atoms. The molecule has 1 N–H and O–H groups in total. The number of aromatic nitrogens is 2. The molecular weight excluding hydrogens is 299 g/mol. The number of hydrogen-bond acceptors (Lipinski definition) is 1. The van der Waals surface area contributed by atoms with Gasteiger partial charge in [-0.3, -0.25) is 0 Å². The summed E-state index contributed by atoms with van der Waals surface area (Å²) in [4.78, 5) is 7.92. The van der Waals surface area contributed by atoms with E-state index in [-0.39, 0.29) is 5.82 Å². The van der Waals surface area contributed by atoms with Crippen molar-refractivity contribution in [2.75, 3.05) is 0 Å². The Balaban J connectivity index is 1.98. The van der Waals surface area contributed by atoms with Crippen molar-refractivity contribution in [1.29, 1.82) is 0 Å². The van der Waals surface area contributed by atoms with E-state index < -0.39 is 0 Å². The van der Waals surface area contributed by atoms with Crippen molar-refractivity contribution in [1.82, 2.24) is 9.97 Å². The van der Waals surface area contributed by atoms with Gasteiger partial charge in [-0.15, -0.1) is 0 Å². The van der Waals surface area contributed by atoms with Crippen LogP contribution in [0.4, 0.5) is 4.39 Å². The average Bonchev–Trinajstić information content (AvgIpc) is 2.98. The molecule has 3 aromatic carbocycles. The highest BCUT2D eigenvalue weighted by Gasteiger charge is 2.15. The fourth-order valence-corrected chi connectivity index (χ4v) is 3.19. The highest BCUT2D eigenvalue weighted by atomic mass is 19.1. The van der Waals surface area contributed by atoms with Crippen LogP contribution >= 0.6 is 0 Å². The third-order valence-corrected chi connectivity index (χ3v) is 4.39. The molecule has 24 heavy (non-hydrogen) atoms. The molecule has 0 saturated carbocycles. The van der Waals surface area contributed by atoms with Crippen LogP contribution in [0.3, 0.4) is 0 Å². The molecule has 0 bridgehead atoms. The lowest BCUT2D eigenvalue weighted by Crippen LogP contribution is -1.92. The van der Waals surface area contributed by atoms with Gasteiger partial charge < -0.3 is 4.98 Å². The first-order valence-corrected chi connectivity index (χ1v) is 7.95. The van der Waals surface area contributed by atoms with Crippen molar-refractivity contribution >= 4 is 11.0 Å². The summed E-state index contributed by atoms with van der Waals surface area (Å²) >= 11 is 0. The van der Waals surface area contributed by atoms with E-state index in [4.69, 9.17) is 0 Å². The number of nitrogens with zero attached hydrogens (tertiary/aromatic N) is 1. The Morgan fingerprint density at radius 1 is 0.833 bits per heavy atom. The number of aryl methyl sites for hydroxylation is 2. The van der Waals surface area contributed by atoms with Gasteiger partial charge in [0.25, 0.3) is 0 Å². The van der Waals surface area contributed by atoms with Gasteiger partial charge in [-0.25, -0.2) is 9.37 Å². The van der Waals surface area contributed by atoms with Crippen LogP contribution in [0, 0.1) is 19.7 Å². The second-order valence-corrected chi connectivity index (χ2v) is 6.06. The number of aromatic amines is 1. The second kappa shape index (κ2) is 5.60. The summed E-state index contributed by atoms with van der Waals surface area (Å²) in [5.41, 5.74) is 7.27. The SMILES string of the molecule is Cc1ccccc1-c1c(C)cccc1-c1nc2ccc(F)cc2[nH]1. The van der Waals surface area contributed by atoms with Crippen molar-refractivity contribution in [2.45, 2.75) is 13.8 Å². The summed E-state index contributed by atoms with van der Waals surface area (Å²) in [5, 5.41) is 0. The largest absolute Gasteiger partial charge is 0.338 e. The van der Waals surface area contributed by atoms with Crippen LogP contribution in [-0.4, -0.2) is 9.97 Å². The Kier molecular flexibility index (Phi) is 3.42. The molecule has 1 heterocycles. The highest BCUT2D eigenvalue weighted by molar-refractivity contribution is 5.88. The average molecular weight is 316 g/mol. The topological polar surface area (TPSA) is 28.7 Å². The van der Waals surface area contributed by atoms with Crippen molar-refractivity contribution in [3.8, 4) is 22.5 Å². The monoisotopic (exact) mass is 316 g/mol. The number of fused-ring (bicyclic) bond motifs is 1. The second-order valence-electron chi connectivity index (χ2n) is 6.06. The molecule has 0 aliphatic rings. The molecule has 0 unspecified atom stereocenters. The summed E-state index contributed by atoms with van der Waals surface area (Å²) in [6.45, 7) is 4.22. The molecule has 1 aromatic heterocycles. The van der Waals surface area contributed by atoms with Crippen molar-refractivity contribution in [2.24, 2.45) is 0 Å². The molecule has 0 amide bonds. The van der Waals surface area contributed by atoms with Gasteiger partial charge in [-0.1, -0.05) is 42.5 Å². The van der Waals surface area contributed by atoms with Crippen molar-refractivity contribution in [3.63, 3.8) is 0 Å². The molecule has 118 valence electrons. The highest BCUT2D eigenvalue weighted by Crippen LogP contribution is 2.35. The van der Waals surface area contributed by atoms with E-state index in [1.165, 1.54) is 28.8 Å². The fraction of sp³-hybridized carbons (Fsp3) is 0.0952. The molecule has 0 aliphatic carbocycles. The minimum Gasteiger partial charge on any atom is -0.338 e. The minimum atomic E-state index is -0.263. The maximum Gasteiger partial charge on any atom is 0.139 e. The smallest absolute Gasteiger partial charge is 0.139 e. The fourth-order valence-electron chi connectivity index (χ4n) is 3.19. The van der Waals surface area contributed by atoms with Crippen LogP contribution in [0.2, 0.25) is 0 Å². The summed E-state index contributed by atoms with van der Waals surface area (Å²) in [7, 11) is 0. The summed E-state index contributed by atoms with van der Waals surface area (Å²) in [5.74, 6) is 0.499. The zero-order chi connectivity index (χ0) is 16.7. The maximum atomic E-state index is 13.5. The van der Waals surface area contributed by atoms with Gasteiger partial charge in [-0.05, 0) is 54.3 Å². The maximum absolute atomic E-state index is 13.5. The Labute approximate surface area is 140 Å². The van der Waals surface area contributed by atoms with Crippen molar-refractivity contribution in [3.05, 3.63) is 77.6 Å². The molecular formula is C21H17FN2. The number of nitrogens with one attached hydrogen (secondary N) is 1. The van der Waals surface area contributed by atoms with E-state index in [9.17, 15) is 4.39 Å². The number of benzene rings is 3. The molecule has 0 fully saturated rings. The van der Waals surface area contributed by atoms with E-state index in [0.29, 0.717) is 5.52 Å². The minimum absolute atomic E-state index is 0.263. The van der Waals surface area contributed by atoms with Crippen LogP contribution in [0.1, 0.15) is 11.1 Å². The Morgan fingerprint density at radius 2 is 1.58 bits per heavy atom. The zero-order valence-electron chi connectivity index (χ0n) is 13.6. The van der Waals surface area contributed by atoms with Gasteiger partial charge in [0.15, 0.2) is 0 Å². The van der Waals surface area contributed by atoms with Crippen LogP contribution in [0.15, 0.2) is 60.7 Å². The first-order chi connectivity index (χ1) is 11.6. The van der Waals surface area contributed by atoms with E-state index in [2.05, 4.69) is 48.1 Å². The van der Waals surface area contributed by atoms with Crippen LogP contribution in [0.5, 0.6) is 0 Å². The number of imidazole rings is 1. The molecule has 0 saturated heterocycles. The molecule has 2 nitrogen and oxygen atoms in total. The molecule has 4 rings (SSSR count). The molecule has 0 radical (unpaired) electrons. The number of H-pyrrole nitrogens is 1. The Bertz CT molecular complexity index is 1050. The number of hydrogen-bond donors (Lipinski definition) is 1. The van der Waals surface area contributed by atoms with Gasteiger partial charge in [0.1, 0.15) is 11.6 Å². The van der Waals surface area contributed by atoms with Crippen LogP contribution in [-0.2, 0) is 0 Å². The van der Waals surface area contributed by atoms with Crippen molar-refractivity contribution < 1.29 is 4.39 Å². The van der Waals surface area contributed by atoms with E-state index in [1.54, 1.807) is 6.07 Å². The zero-order valence-corrected chi connectivity index (χ0v) is 13.6. The van der Waals surface area contributed by atoms with Crippen LogP contribution in [0.25, 0.3) is 33.5 Å². The van der Waals surface area contributed by atoms with E-state index in [1.807, 2.05) is 18.2 Å². The van der Waals surface area contributed by atoms with Gasteiger partial charge in [-0.2, -0.15) is 0 Å². The third kappa shape index (κ3) is 2.38. The van der Waals surface area contributed by atoms with Gasteiger partial charge >= 0.3 is 0 Å². The van der Waals surface area contributed by atoms with E-state index >= 15 is 0 Å². The third-order valence-electron chi connectivity index (χ3n) is 4.39. The lowest BCUT2D eigenvalue weighted by Gasteiger charge is -2.13. The molecule has 3 heteroatoms. The summed E-state index contributed by atoms with van der Waals surface area (Å²) in [6.07, 6.45) is 0. The number of rotatable bonds is 2.